The van der Waals surface area contributed by atoms with Crippen molar-refractivity contribution in [2.75, 3.05) is 5.32 Å². The van der Waals surface area contributed by atoms with Gasteiger partial charge in [0.15, 0.2) is 0 Å². The van der Waals surface area contributed by atoms with E-state index in [1.54, 1.807) is 25.1 Å². The molecule has 2 aromatic heterocycles. The number of halogens is 1. The summed E-state index contributed by atoms with van der Waals surface area (Å²) in [6.45, 7) is 3.86. The molecule has 30 heavy (non-hydrogen) atoms. The van der Waals surface area contributed by atoms with Crippen molar-refractivity contribution in [2.45, 2.75) is 33.1 Å². The molecule has 0 aliphatic heterocycles. The van der Waals surface area contributed by atoms with Crippen molar-refractivity contribution >= 4 is 46.1 Å². The Morgan fingerprint density at radius 2 is 2.17 bits per heavy atom. The first-order valence-electron chi connectivity index (χ1n) is 9.52. The third kappa shape index (κ3) is 3.67. The molecule has 1 unspecified atom stereocenters. The molecule has 0 bridgehead atoms. The van der Waals surface area contributed by atoms with Gasteiger partial charge < -0.3 is 9.84 Å². The van der Waals surface area contributed by atoms with Gasteiger partial charge >= 0.3 is 0 Å². The monoisotopic (exact) mass is 455 g/mol. The Labute approximate surface area is 188 Å². The number of hydrogen-bond donors (Lipinski definition) is 1. The average molecular weight is 456 g/mol. The number of carbonyl (C=O) groups excluding carboxylic acids is 1. The predicted molar refractivity (Wildman–Crippen MR) is 121 cm³/mol. The van der Waals surface area contributed by atoms with E-state index in [4.69, 9.17) is 28.3 Å². The van der Waals surface area contributed by atoms with Crippen LogP contribution in [0.4, 0.5) is 5.00 Å². The second kappa shape index (κ2) is 8.31. The van der Waals surface area contributed by atoms with Gasteiger partial charge in [0.2, 0.25) is 0 Å². The third-order valence-corrected chi connectivity index (χ3v) is 7.10. The SMILES string of the molecule is Cc1onc(-c2ccccc2Cl)c1C(=O)Nc1sc(=S)c2c(c1C#N)CCC(C)C2. The van der Waals surface area contributed by atoms with E-state index in [1.807, 2.05) is 6.07 Å². The standard InChI is InChI=1S/C22H18ClN3O2S2/c1-11-7-8-13-15(9-11)22(29)30-21(16(13)10-24)25-20(27)18-12(2)28-26-19(18)14-5-3-4-6-17(14)23/h3-6,11H,7-9H2,1-2H3,(H,25,27). The number of aryl methyl sites for hydroxylation is 1. The Hall–Kier alpha value is -2.53. The molecule has 1 N–H and O–H groups in total. The molecule has 1 amide bonds. The van der Waals surface area contributed by atoms with Crippen molar-refractivity contribution in [3.63, 3.8) is 0 Å². The molecule has 0 spiro atoms. The van der Waals surface area contributed by atoms with Crippen molar-refractivity contribution in [1.82, 2.24) is 5.16 Å². The number of nitriles is 1. The maximum atomic E-state index is 13.2. The summed E-state index contributed by atoms with van der Waals surface area (Å²) in [6, 6.07) is 9.40. The Balaban J connectivity index is 1.76. The second-order valence-electron chi connectivity index (χ2n) is 7.41. The Morgan fingerprint density at radius 1 is 1.40 bits per heavy atom. The Kier molecular flexibility index (Phi) is 5.74. The highest BCUT2D eigenvalue weighted by molar-refractivity contribution is 7.73. The smallest absolute Gasteiger partial charge is 0.262 e. The van der Waals surface area contributed by atoms with Crippen molar-refractivity contribution in [3.05, 3.63) is 61.1 Å². The molecule has 0 radical (unpaired) electrons. The maximum Gasteiger partial charge on any atom is 0.262 e. The van der Waals surface area contributed by atoms with Gasteiger partial charge in [-0.3, -0.25) is 4.79 Å². The quantitative estimate of drug-likeness (QED) is 0.466. The highest BCUT2D eigenvalue weighted by Gasteiger charge is 2.27. The van der Waals surface area contributed by atoms with E-state index in [9.17, 15) is 10.1 Å². The normalized spacial score (nSPS) is 15.3. The number of fused-ring (bicyclic) bond motifs is 1. The topological polar surface area (TPSA) is 78.9 Å². The number of amides is 1. The van der Waals surface area contributed by atoms with E-state index in [-0.39, 0.29) is 5.56 Å². The van der Waals surface area contributed by atoms with Crippen LogP contribution in [0.5, 0.6) is 0 Å². The summed E-state index contributed by atoms with van der Waals surface area (Å²) in [4.78, 5) is 13.2. The van der Waals surface area contributed by atoms with E-state index in [1.165, 1.54) is 11.3 Å². The lowest BCUT2D eigenvalue weighted by Gasteiger charge is -2.23. The van der Waals surface area contributed by atoms with Gasteiger partial charge in [0.05, 0.1) is 14.4 Å². The Morgan fingerprint density at radius 3 is 2.90 bits per heavy atom. The molecular weight excluding hydrogens is 438 g/mol. The number of nitrogens with zero attached hydrogens (tertiary/aromatic N) is 2. The number of hydrogen-bond acceptors (Lipinski definition) is 6. The minimum absolute atomic E-state index is 0.288. The molecule has 5 nitrogen and oxygen atoms in total. The number of benzene rings is 1. The first kappa shape index (κ1) is 20.7. The highest BCUT2D eigenvalue weighted by Crippen LogP contribution is 2.37. The van der Waals surface area contributed by atoms with Crippen LogP contribution in [-0.2, 0) is 12.8 Å². The zero-order valence-electron chi connectivity index (χ0n) is 16.4. The van der Waals surface area contributed by atoms with Crippen LogP contribution < -0.4 is 5.32 Å². The van der Waals surface area contributed by atoms with Crippen LogP contribution in [0, 0.1) is 28.0 Å². The minimum Gasteiger partial charge on any atom is -0.360 e. The number of aromatic nitrogens is 1. The van der Waals surface area contributed by atoms with Crippen LogP contribution in [-0.4, -0.2) is 11.1 Å². The molecule has 1 atom stereocenters. The molecule has 0 fully saturated rings. The average Bonchev–Trinajstić information content (AvgIpc) is 3.10. The molecule has 4 rings (SSSR count). The summed E-state index contributed by atoms with van der Waals surface area (Å²) in [5.74, 6) is 0.502. The number of anilines is 1. The van der Waals surface area contributed by atoms with Crippen LogP contribution in [0.1, 0.15) is 46.2 Å². The molecule has 8 heteroatoms. The van der Waals surface area contributed by atoms with Gasteiger partial charge in [0.1, 0.15) is 28.1 Å². The van der Waals surface area contributed by atoms with E-state index in [0.29, 0.717) is 38.5 Å². The maximum absolute atomic E-state index is 13.2. The first-order chi connectivity index (χ1) is 14.4. The lowest BCUT2D eigenvalue weighted by atomic mass is 9.85. The van der Waals surface area contributed by atoms with Crippen LogP contribution in [0.15, 0.2) is 28.8 Å². The summed E-state index contributed by atoms with van der Waals surface area (Å²) in [5, 5.41) is 17.7. The van der Waals surface area contributed by atoms with Crippen LogP contribution in [0.2, 0.25) is 5.02 Å². The lowest BCUT2D eigenvalue weighted by Crippen LogP contribution is -2.17. The van der Waals surface area contributed by atoms with E-state index < -0.39 is 5.91 Å². The zero-order valence-corrected chi connectivity index (χ0v) is 18.8. The third-order valence-electron chi connectivity index (χ3n) is 5.33. The van der Waals surface area contributed by atoms with Gasteiger partial charge in [-0.25, -0.2) is 0 Å². The van der Waals surface area contributed by atoms with E-state index >= 15 is 0 Å². The number of carbonyl (C=O) groups is 1. The predicted octanol–water partition coefficient (Wildman–Crippen LogP) is 6.34. The van der Waals surface area contributed by atoms with Gasteiger partial charge in [0, 0.05) is 5.56 Å². The fourth-order valence-corrected chi connectivity index (χ4v) is 5.40. The molecule has 1 aliphatic rings. The molecular formula is C22H18ClN3O2S2. The van der Waals surface area contributed by atoms with Gasteiger partial charge in [-0.1, -0.05) is 54.1 Å². The molecule has 0 saturated carbocycles. The van der Waals surface area contributed by atoms with Gasteiger partial charge in [-0.2, -0.15) is 5.26 Å². The van der Waals surface area contributed by atoms with Crippen molar-refractivity contribution < 1.29 is 9.32 Å². The number of rotatable bonds is 3. The summed E-state index contributed by atoms with van der Waals surface area (Å²) < 4.78 is 6.02. The van der Waals surface area contributed by atoms with Crippen molar-refractivity contribution in [2.24, 2.45) is 5.92 Å². The van der Waals surface area contributed by atoms with Crippen LogP contribution in [0.25, 0.3) is 11.3 Å². The zero-order chi connectivity index (χ0) is 21.4. The molecule has 2 heterocycles. The largest absolute Gasteiger partial charge is 0.360 e. The molecule has 3 aromatic rings. The Bertz CT molecular complexity index is 1260. The van der Waals surface area contributed by atoms with E-state index in [0.717, 1.165) is 34.2 Å². The van der Waals surface area contributed by atoms with Crippen LogP contribution >= 0.6 is 35.2 Å². The summed E-state index contributed by atoms with van der Waals surface area (Å²) in [6.07, 6.45) is 2.66. The summed E-state index contributed by atoms with van der Waals surface area (Å²) in [7, 11) is 0. The molecule has 0 saturated heterocycles. The van der Waals surface area contributed by atoms with Gasteiger partial charge in [0.25, 0.3) is 5.91 Å². The minimum atomic E-state index is -0.407. The number of nitrogens with one attached hydrogen (secondary N) is 1. The first-order valence-corrected chi connectivity index (χ1v) is 11.1. The lowest BCUT2D eigenvalue weighted by molar-refractivity contribution is 0.102. The van der Waals surface area contributed by atoms with Crippen LogP contribution in [0.3, 0.4) is 0 Å². The van der Waals surface area contributed by atoms with Gasteiger partial charge in [-0.15, -0.1) is 11.3 Å². The fourth-order valence-electron chi connectivity index (χ4n) is 3.79. The van der Waals surface area contributed by atoms with Crippen molar-refractivity contribution in [3.8, 4) is 17.3 Å². The molecule has 1 aliphatic carbocycles. The summed E-state index contributed by atoms with van der Waals surface area (Å²) >= 11 is 13.2. The van der Waals surface area contributed by atoms with E-state index in [2.05, 4.69) is 23.5 Å². The second-order valence-corrected chi connectivity index (χ2v) is 9.50. The molecule has 152 valence electrons. The highest BCUT2D eigenvalue weighted by atomic mass is 35.5. The van der Waals surface area contributed by atoms with Gasteiger partial charge in [-0.05, 0) is 49.3 Å². The van der Waals surface area contributed by atoms with Crippen molar-refractivity contribution in [1.29, 1.82) is 5.26 Å². The fraction of sp³-hybridized carbons (Fsp3) is 0.273. The molecule has 1 aromatic carbocycles. The summed E-state index contributed by atoms with van der Waals surface area (Å²) in [5.41, 5.74) is 3.79.